The van der Waals surface area contributed by atoms with Gasteiger partial charge in [0.25, 0.3) is 0 Å². The molecule has 0 atom stereocenters. The highest BCUT2D eigenvalue weighted by molar-refractivity contribution is 5.71. The van der Waals surface area contributed by atoms with Crippen LogP contribution in [0.2, 0.25) is 0 Å². The van der Waals surface area contributed by atoms with Gasteiger partial charge in [-0.2, -0.15) is 5.10 Å². The number of aromatic nitrogens is 2. The van der Waals surface area contributed by atoms with E-state index in [1.807, 2.05) is 35.8 Å². The molecular weight excluding hydrogens is 206 g/mol. The fourth-order valence-corrected chi connectivity index (χ4v) is 1.45. The van der Waals surface area contributed by atoms with Gasteiger partial charge in [-0.15, -0.1) is 0 Å². The van der Waals surface area contributed by atoms with E-state index < -0.39 is 0 Å². The van der Waals surface area contributed by atoms with Crippen LogP contribution >= 0.6 is 0 Å². The number of carbonyl (C=O) groups is 1. The third kappa shape index (κ3) is 3.66. The lowest BCUT2D eigenvalue weighted by molar-refractivity contribution is -0.142. The molecule has 0 unspecified atom stereocenters. The largest absolute Gasteiger partial charge is 0.468 e. The van der Waals surface area contributed by atoms with Crippen LogP contribution in [0.3, 0.4) is 0 Å². The first-order valence-corrected chi connectivity index (χ1v) is 5.50. The van der Waals surface area contributed by atoms with Gasteiger partial charge in [0.15, 0.2) is 0 Å². The van der Waals surface area contributed by atoms with Crippen molar-refractivity contribution in [3.8, 4) is 0 Å². The minimum absolute atomic E-state index is 0.204. The second-order valence-electron chi connectivity index (χ2n) is 3.58. The van der Waals surface area contributed by atoms with E-state index in [2.05, 4.69) is 9.84 Å². The summed E-state index contributed by atoms with van der Waals surface area (Å²) in [6.07, 6.45) is 3.84. The lowest BCUT2D eigenvalue weighted by Crippen LogP contribution is -2.29. The summed E-state index contributed by atoms with van der Waals surface area (Å²) < 4.78 is 6.52. The monoisotopic (exact) mass is 225 g/mol. The molecule has 0 N–H and O–H groups in total. The second kappa shape index (κ2) is 6.27. The number of esters is 1. The number of hydrogen-bond donors (Lipinski definition) is 0. The maximum absolute atomic E-state index is 11.1. The lowest BCUT2D eigenvalue weighted by Gasteiger charge is -2.17. The molecule has 1 heterocycles. The van der Waals surface area contributed by atoms with E-state index >= 15 is 0 Å². The molecule has 0 radical (unpaired) electrons. The predicted octanol–water partition coefficient (Wildman–Crippen LogP) is 0.898. The first-order valence-electron chi connectivity index (χ1n) is 5.50. The Hall–Kier alpha value is -1.36. The average Bonchev–Trinajstić information content (AvgIpc) is 2.75. The van der Waals surface area contributed by atoms with Gasteiger partial charge in [-0.3, -0.25) is 14.4 Å². The minimum atomic E-state index is -0.204. The summed E-state index contributed by atoms with van der Waals surface area (Å²) in [5, 5.41) is 4.20. The average molecular weight is 225 g/mol. The van der Waals surface area contributed by atoms with Crippen molar-refractivity contribution in [2.45, 2.75) is 26.9 Å². The van der Waals surface area contributed by atoms with Crippen molar-refractivity contribution in [1.29, 1.82) is 0 Å². The smallest absolute Gasteiger partial charge is 0.319 e. The summed E-state index contributed by atoms with van der Waals surface area (Å²) in [7, 11) is 1.41. The zero-order valence-electron chi connectivity index (χ0n) is 10.1. The van der Waals surface area contributed by atoms with E-state index in [0.717, 1.165) is 25.2 Å². The zero-order valence-corrected chi connectivity index (χ0v) is 10.1. The fraction of sp³-hybridized carbons (Fsp3) is 0.636. The van der Waals surface area contributed by atoms with Crippen molar-refractivity contribution in [1.82, 2.24) is 14.7 Å². The third-order valence-corrected chi connectivity index (χ3v) is 2.44. The van der Waals surface area contributed by atoms with E-state index in [0.29, 0.717) is 6.54 Å². The topological polar surface area (TPSA) is 47.4 Å². The Balaban J connectivity index is 2.52. The van der Waals surface area contributed by atoms with E-state index in [1.165, 1.54) is 7.11 Å². The van der Waals surface area contributed by atoms with Crippen molar-refractivity contribution in [3.63, 3.8) is 0 Å². The van der Waals surface area contributed by atoms with Gasteiger partial charge in [0.1, 0.15) is 0 Å². The molecule has 5 heteroatoms. The minimum Gasteiger partial charge on any atom is -0.468 e. The molecule has 1 rings (SSSR count). The van der Waals surface area contributed by atoms with Crippen molar-refractivity contribution in [3.05, 3.63) is 18.0 Å². The van der Waals surface area contributed by atoms with Crippen molar-refractivity contribution < 1.29 is 9.53 Å². The van der Waals surface area contributed by atoms with E-state index in [4.69, 9.17) is 0 Å². The Kier molecular flexibility index (Phi) is 4.98. The summed E-state index contributed by atoms with van der Waals surface area (Å²) in [4.78, 5) is 13.2. The molecule has 0 aliphatic rings. The third-order valence-electron chi connectivity index (χ3n) is 2.44. The van der Waals surface area contributed by atoms with Gasteiger partial charge in [-0.1, -0.05) is 6.92 Å². The Bertz CT molecular complexity index is 336. The molecule has 5 nitrogen and oxygen atoms in total. The Morgan fingerprint density at radius 3 is 2.81 bits per heavy atom. The van der Waals surface area contributed by atoms with Gasteiger partial charge in [-0.05, 0) is 13.5 Å². The number of likely N-dealkylation sites (N-methyl/N-ethyl adjacent to an activating group) is 1. The number of methoxy groups -OCH3 is 1. The standard InChI is InChI=1S/C11H19N3O2/c1-4-13(9-11(15)16-3)7-10-6-12-14(5-2)8-10/h6,8H,4-5,7,9H2,1-3H3. The Labute approximate surface area is 96.0 Å². The van der Waals surface area contributed by atoms with Gasteiger partial charge < -0.3 is 4.74 Å². The molecule has 0 aliphatic heterocycles. The van der Waals surface area contributed by atoms with Crippen LogP contribution in [0, 0.1) is 0 Å². The predicted molar refractivity (Wildman–Crippen MR) is 60.9 cm³/mol. The fourth-order valence-electron chi connectivity index (χ4n) is 1.45. The summed E-state index contributed by atoms with van der Waals surface area (Å²) in [5.74, 6) is -0.204. The molecule has 0 spiro atoms. The maximum atomic E-state index is 11.1. The molecule has 0 amide bonds. The summed E-state index contributed by atoms with van der Waals surface area (Å²) in [6, 6.07) is 0. The van der Waals surface area contributed by atoms with Crippen molar-refractivity contribution in [2.24, 2.45) is 0 Å². The maximum Gasteiger partial charge on any atom is 0.319 e. The number of nitrogens with zero attached hydrogens (tertiary/aromatic N) is 3. The molecule has 0 aliphatic carbocycles. The number of carbonyl (C=O) groups excluding carboxylic acids is 1. The molecule has 0 saturated heterocycles. The van der Waals surface area contributed by atoms with E-state index in [-0.39, 0.29) is 5.97 Å². The SMILES string of the molecule is CCN(CC(=O)OC)Cc1cnn(CC)c1. The zero-order chi connectivity index (χ0) is 12.0. The van der Waals surface area contributed by atoms with Crippen LogP contribution in [0.15, 0.2) is 12.4 Å². The molecule has 90 valence electrons. The van der Waals surface area contributed by atoms with Crippen molar-refractivity contribution >= 4 is 5.97 Å². The van der Waals surface area contributed by atoms with Crippen LogP contribution < -0.4 is 0 Å². The molecule has 0 bridgehead atoms. The number of hydrogen-bond acceptors (Lipinski definition) is 4. The molecule has 0 saturated carbocycles. The highest BCUT2D eigenvalue weighted by Crippen LogP contribution is 2.03. The number of aryl methyl sites for hydroxylation is 1. The Morgan fingerprint density at radius 2 is 2.31 bits per heavy atom. The van der Waals surface area contributed by atoms with Crippen molar-refractivity contribution in [2.75, 3.05) is 20.2 Å². The molecule has 1 aromatic rings. The van der Waals surface area contributed by atoms with Crippen LogP contribution in [0.5, 0.6) is 0 Å². The van der Waals surface area contributed by atoms with Crippen LogP contribution in [0.25, 0.3) is 0 Å². The number of ether oxygens (including phenoxy) is 1. The first kappa shape index (κ1) is 12.7. The molecule has 1 aromatic heterocycles. The molecule has 0 aromatic carbocycles. The second-order valence-corrected chi connectivity index (χ2v) is 3.58. The van der Waals surface area contributed by atoms with Gasteiger partial charge in [-0.25, -0.2) is 0 Å². The lowest BCUT2D eigenvalue weighted by atomic mass is 10.3. The van der Waals surface area contributed by atoms with E-state index in [1.54, 1.807) is 0 Å². The summed E-state index contributed by atoms with van der Waals surface area (Å²) in [6.45, 7) is 6.79. The highest BCUT2D eigenvalue weighted by Gasteiger charge is 2.10. The van der Waals surface area contributed by atoms with Gasteiger partial charge >= 0.3 is 5.97 Å². The van der Waals surface area contributed by atoms with E-state index in [9.17, 15) is 4.79 Å². The quantitative estimate of drug-likeness (QED) is 0.675. The first-order chi connectivity index (χ1) is 7.69. The Morgan fingerprint density at radius 1 is 1.56 bits per heavy atom. The van der Waals surface area contributed by atoms with Gasteiger partial charge in [0, 0.05) is 24.8 Å². The summed E-state index contributed by atoms with van der Waals surface area (Å²) in [5.41, 5.74) is 1.12. The molecule has 0 fully saturated rings. The van der Waals surface area contributed by atoms with Gasteiger partial charge in [0.05, 0.1) is 19.9 Å². The van der Waals surface area contributed by atoms with Gasteiger partial charge in [0.2, 0.25) is 0 Å². The highest BCUT2D eigenvalue weighted by atomic mass is 16.5. The van der Waals surface area contributed by atoms with Crippen LogP contribution in [0.1, 0.15) is 19.4 Å². The van der Waals surface area contributed by atoms with Crippen LogP contribution in [-0.2, 0) is 22.6 Å². The molecular formula is C11H19N3O2. The summed E-state index contributed by atoms with van der Waals surface area (Å²) >= 11 is 0. The number of rotatable bonds is 6. The van der Waals surface area contributed by atoms with Crippen LogP contribution in [-0.4, -0.2) is 40.8 Å². The van der Waals surface area contributed by atoms with Crippen LogP contribution in [0.4, 0.5) is 0 Å². The molecule has 16 heavy (non-hydrogen) atoms. The normalized spacial score (nSPS) is 10.8.